The maximum atomic E-state index is 2.51. The molecule has 0 saturated carbocycles. The van der Waals surface area contributed by atoms with Gasteiger partial charge in [0, 0.05) is 48.6 Å². The Bertz CT molecular complexity index is 2220. The normalized spacial score (nSPS) is 16.5. The highest BCUT2D eigenvalue weighted by Gasteiger charge is 2.22. The van der Waals surface area contributed by atoms with Crippen molar-refractivity contribution in [3.8, 4) is 0 Å². The summed E-state index contributed by atoms with van der Waals surface area (Å²) in [4.78, 5) is 4.96. The van der Waals surface area contributed by atoms with E-state index < -0.39 is 0 Å². The second-order valence-corrected chi connectivity index (χ2v) is 15.0. The molecule has 0 radical (unpaired) electrons. The first kappa shape index (κ1) is 29.1. The molecule has 0 fully saturated rings. The molecule has 1 atom stereocenters. The van der Waals surface area contributed by atoms with Gasteiger partial charge in [-0.1, -0.05) is 83.0 Å². The molecule has 0 spiro atoms. The number of hydrogen-bond donors (Lipinski definition) is 0. The Balaban J connectivity index is 1.20. The molecule has 0 aliphatic heterocycles. The topological polar surface area (TPSA) is 6.48 Å². The summed E-state index contributed by atoms with van der Waals surface area (Å²) in [6.45, 7) is 8.73. The van der Waals surface area contributed by atoms with Crippen molar-refractivity contribution in [1.82, 2.24) is 0 Å². The van der Waals surface area contributed by atoms with Gasteiger partial charge in [0.05, 0.1) is 15.4 Å². The molecule has 2 aromatic heterocycles. The van der Waals surface area contributed by atoms with Gasteiger partial charge in [-0.15, -0.1) is 22.7 Å². The number of hydrogen-bond acceptors (Lipinski definition) is 4. The maximum absolute atomic E-state index is 2.51. The average molecular weight is 635 g/mol. The van der Waals surface area contributed by atoms with Crippen molar-refractivity contribution >= 4 is 75.0 Å². The van der Waals surface area contributed by atoms with Gasteiger partial charge in [-0.25, -0.2) is 0 Å². The third-order valence-corrected chi connectivity index (χ3v) is 11.9. The van der Waals surface area contributed by atoms with Crippen LogP contribution in [-0.4, -0.2) is 6.04 Å². The Morgan fingerprint density at radius 2 is 1.20 bits per heavy atom. The van der Waals surface area contributed by atoms with Crippen molar-refractivity contribution in [1.29, 1.82) is 0 Å². The minimum Gasteiger partial charge on any atom is -0.334 e. The van der Waals surface area contributed by atoms with Gasteiger partial charge < -0.3 is 9.80 Å². The Morgan fingerprint density at radius 1 is 0.609 bits per heavy atom. The zero-order chi connectivity index (χ0) is 31.4. The molecule has 46 heavy (non-hydrogen) atoms. The third-order valence-electron chi connectivity index (χ3n) is 9.41. The molecule has 0 saturated heterocycles. The van der Waals surface area contributed by atoms with Crippen LogP contribution in [-0.2, 0) is 0 Å². The van der Waals surface area contributed by atoms with Crippen LogP contribution in [0.15, 0.2) is 132 Å². The second kappa shape index (κ2) is 11.8. The molecule has 2 aliphatic rings. The number of allylic oxidation sites excluding steroid dienone is 6. The summed E-state index contributed by atoms with van der Waals surface area (Å²) < 4.78 is 5.49. The molecule has 0 amide bonds. The lowest BCUT2D eigenvalue weighted by Crippen LogP contribution is -2.30. The van der Waals surface area contributed by atoms with Gasteiger partial charge >= 0.3 is 0 Å². The monoisotopic (exact) mass is 634 g/mol. The number of benzene rings is 4. The average Bonchev–Trinajstić information content (AvgIpc) is 3.60. The van der Waals surface area contributed by atoms with Gasteiger partial charge in [-0.2, -0.15) is 0 Å². The SMILES string of the molecule is CC1=CCC(N(c2ccc(C)cc2)c2ccc3c(c2)sc2c4ccc(N(C5=CC=C(C)CC5)c5ccc(C)cc5)cc4sc32)C=C1. The van der Waals surface area contributed by atoms with Gasteiger partial charge in [0.25, 0.3) is 0 Å². The molecule has 0 N–H and O–H groups in total. The second-order valence-electron chi connectivity index (χ2n) is 12.9. The summed E-state index contributed by atoms with van der Waals surface area (Å²) in [6, 6.07) is 32.4. The number of fused-ring (bicyclic) bond motifs is 5. The molecule has 4 heteroatoms. The van der Waals surface area contributed by atoms with E-state index in [9.17, 15) is 0 Å². The Labute approximate surface area is 279 Å². The fourth-order valence-corrected chi connectivity index (χ4v) is 9.48. The molecular weight excluding hydrogens is 597 g/mol. The Kier molecular flexibility index (Phi) is 7.43. The molecule has 8 rings (SSSR count). The largest absolute Gasteiger partial charge is 0.334 e. The molecule has 228 valence electrons. The van der Waals surface area contributed by atoms with Gasteiger partial charge in [-0.3, -0.25) is 0 Å². The van der Waals surface area contributed by atoms with Crippen LogP contribution in [0, 0.1) is 13.8 Å². The highest BCUT2D eigenvalue weighted by atomic mass is 32.1. The zero-order valence-corrected chi connectivity index (χ0v) is 28.5. The first-order valence-electron chi connectivity index (χ1n) is 16.2. The Hall–Kier alpha value is -4.38. The number of thiophene rings is 2. The van der Waals surface area contributed by atoms with Crippen LogP contribution in [0.1, 0.15) is 44.2 Å². The van der Waals surface area contributed by atoms with Crippen LogP contribution in [0.25, 0.3) is 29.6 Å². The van der Waals surface area contributed by atoms with Crippen LogP contribution < -0.4 is 9.80 Å². The molecule has 6 aromatic rings. The van der Waals surface area contributed by atoms with Crippen LogP contribution >= 0.6 is 22.7 Å². The van der Waals surface area contributed by atoms with Crippen LogP contribution in [0.3, 0.4) is 0 Å². The minimum atomic E-state index is 0.291. The number of aryl methyl sites for hydroxylation is 2. The molecule has 2 nitrogen and oxygen atoms in total. The van der Waals surface area contributed by atoms with Crippen LogP contribution in [0.5, 0.6) is 0 Å². The highest BCUT2D eigenvalue weighted by molar-refractivity contribution is 7.36. The lowest BCUT2D eigenvalue weighted by atomic mass is 10.0. The summed E-state index contributed by atoms with van der Waals surface area (Å²) in [7, 11) is 0. The van der Waals surface area contributed by atoms with E-state index >= 15 is 0 Å². The van der Waals surface area contributed by atoms with Gasteiger partial charge in [0.15, 0.2) is 0 Å². The first-order valence-corrected chi connectivity index (χ1v) is 17.9. The molecule has 4 aromatic carbocycles. The standard InChI is InChI=1S/C42H38N2S2/c1-27-5-13-31(14-6-27)43(32-15-7-28(2)8-16-32)35-21-23-37-39(25-35)45-42-38-24-22-36(26-40(38)46-41(37)42)44(33-17-9-29(3)10-18-33)34-19-11-30(4)12-20-34/h5-11,13-15,17-19,21-26,32H,12,16,20H2,1-4H3. The van der Waals surface area contributed by atoms with E-state index in [0.29, 0.717) is 6.04 Å². The van der Waals surface area contributed by atoms with E-state index in [4.69, 9.17) is 0 Å². The Morgan fingerprint density at radius 3 is 1.78 bits per heavy atom. The minimum absolute atomic E-state index is 0.291. The van der Waals surface area contributed by atoms with E-state index in [0.717, 1.165) is 19.3 Å². The molecule has 2 aliphatic carbocycles. The summed E-state index contributed by atoms with van der Waals surface area (Å²) >= 11 is 3.87. The van der Waals surface area contributed by atoms with Crippen molar-refractivity contribution < 1.29 is 0 Å². The van der Waals surface area contributed by atoms with Crippen molar-refractivity contribution in [3.05, 3.63) is 143 Å². The fourth-order valence-electron chi connectivity index (χ4n) is 6.76. The van der Waals surface area contributed by atoms with E-state index in [1.165, 1.54) is 80.3 Å². The van der Waals surface area contributed by atoms with E-state index in [1.54, 1.807) is 0 Å². The van der Waals surface area contributed by atoms with E-state index in [2.05, 4.69) is 153 Å². The highest BCUT2D eigenvalue weighted by Crippen LogP contribution is 2.47. The summed E-state index contributed by atoms with van der Waals surface area (Å²) in [5, 5.41) is 2.71. The van der Waals surface area contributed by atoms with Crippen molar-refractivity contribution in [2.24, 2.45) is 0 Å². The van der Waals surface area contributed by atoms with E-state index in [-0.39, 0.29) is 0 Å². The molecule has 0 bridgehead atoms. The summed E-state index contributed by atoms with van der Waals surface area (Å²) in [6.07, 6.45) is 14.7. The predicted octanol–water partition coefficient (Wildman–Crippen LogP) is 13.1. The van der Waals surface area contributed by atoms with Crippen LogP contribution in [0.4, 0.5) is 22.7 Å². The number of nitrogens with zero attached hydrogens (tertiary/aromatic N) is 2. The molecule has 1 unspecified atom stereocenters. The number of rotatable bonds is 6. The summed E-state index contributed by atoms with van der Waals surface area (Å²) in [5.41, 5.74) is 11.6. The first-order chi connectivity index (χ1) is 22.4. The van der Waals surface area contributed by atoms with Crippen LogP contribution in [0.2, 0.25) is 0 Å². The molecular formula is C42H38N2S2. The number of anilines is 4. The van der Waals surface area contributed by atoms with E-state index in [1.807, 2.05) is 22.7 Å². The fraction of sp³-hybridized carbons (Fsp3) is 0.190. The lowest BCUT2D eigenvalue weighted by Gasteiger charge is -2.33. The zero-order valence-electron chi connectivity index (χ0n) is 26.9. The van der Waals surface area contributed by atoms with Crippen molar-refractivity contribution in [2.45, 2.75) is 53.0 Å². The predicted molar refractivity (Wildman–Crippen MR) is 204 cm³/mol. The van der Waals surface area contributed by atoms with Crippen molar-refractivity contribution in [3.63, 3.8) is 0 Å². The van der Waals surface area contributed by atoms with Gasteiger partial charge in [0.2, 0.25) is 0 Å². The summed E-state index contributed by atoms with van der Waals surface area (Å²) in [5.74, 6) is 0. The lowest BCUT2D eigenvalue weighted by molar-refractivity contribution is 0.780. The smallest absolute Gasteiger partial charge is 0.0560 e. The van der Waals surface area contributed by atoms with Gasteiger partial charge in [-0.05, 0) is 102 Å². The molecule has 2 heterocycles. The quantitative estimate of drug-likeness (QED) is 0.180. The van der Waals surface area contributed by atoms with Crippen molar-refractivity contribution in [2.75, 3.05) is 9.80 Å². The van der Waals surface area contributed by atoms with Gasteiger partial charge in [0.1, 0.15) is 0 Å². The maximum Gasteiger partial charge on any atom is 0.0560 e. The third kappa shape index (κ3) is 5.30.